The Kier molecular flexibility index (Phi) is 5.61. The summed E-state index contributed by atoms with van der Waals surface area (Å²) >= 11 is 0. The molecule has 0 bridgehead atoms. The summed E-state index contributed by atoms with van der Waals surface area (Å²) in [6.07, 6.45) is 17.6. The highest BCUT2D eigenvalue weighted by Gasteiger charge is 2.48. The molecule has 1 atom stereocenters. The molecule has 122 valence electrons. The van der Waals surface area contributed by atoms with Gasteiger partial charge in [0.2, 0.25) is 0 Å². The van der Waals surface area contributed by atoms with Gasteiger partial charge in [0.25, 0.3) is 0 Å². The third-order valence-corrected chi connectivity index (χ3v) is 6.58. The Bertz CT molecular complexity index is 297. The smallest absolute Gasteiger partial charge is 0.0365 e. The second-order valence-electron chi connectivity index (χ2n) is 7.79. The summed E-state index contributed by atoms with van der Waals surface area (Å²) < 4.78 is 0. The van der Waals surface area contributed by atoms with Crippen LogP contribution in [0.2, 0.25) is 0 Å². The maximum atomic E-state index is 3.99. The minimum atomic E-state index is 0.512. The van der Waals surface area contributed by atoms with Crippen LogP contribution in [0.1, 0.15) is 84.0 Å². The van der Waals surface area contributed by atoms with E-state index in [0.717, 1.165) is 18.5 Å². The highest BCUT2D eigenvalue weighted by atomic mass is 15.2. The second-order valence-corrected chi connectivity index (χ2v) is 7.79. The van der Waals surface area contributed by atoms with Crippen LogP contribution in [0.3, 0.4) is 0 Å². The van der Waals surface area contributed by atoms with Gasteiger partial charge in [0.1, 0.15) is 0 Å². The van der Waals surface area contributed by atoms with Gasteiger partial charge in [-0.05, 0) is 64.1 Å². The van der Waals surface area contributed by atoms with Gasteiger partial charge >= 0.3 is 0 Å². The molecular weight excluding hydrogens is 256 g/mol. The standard InChI is InChI=1S/C19H36N2/c1-2-20-18(17-11-5-3-6-12-17)19(13-7-8-14-19)21-15-9-4-10-16-21/h17-18,20H,2-16H2,1H3. The number of hydrogen-bond donors (Lipinski definition) is 1. The molecule has 0 aromatic carbocycles. The molecule has 2 aliphatic carbocycles. The first-order valence-corrected chi connectivity index (χ1v) is 9.85. The molecule has 0 aromatic rings. The summed E-state index contributed by atoms with van der Waals surface area (Å²) in [6, 6.07) is 0.767. The first kappa shape index (κ1) is 15.8. The van der Waals surface area contributed by atoms with E-state index < -0.39 is 0 Å². The molecule has 3 rings (SSSR count). The zero-order chi connectivity index (χ0) is 14.5. The topological polar surface area (TPSA) is 15.3 Å². The largest absolute Gasteiger partial charge is 0.312 e. The maximum Gasteiger partial charge on any atom is 0.0365 e. The van der Waals surface area contributed by atoms with Gasteiger partial charge in [-0.3, -0.25) is 4.90 Å². The van der Waals surface area contributed by atoms with Crippen LogP contribution in [0.15, 0.2) is 0 Å². The van der Waals surface area contributed by atoms with Gasteiger partial charge in [-0.2, -0.15) is 0 Å². The van der Waals surface area contributed by atoms with E-state index in [9.17, 15) is 0 Å². The van der Waals surface area contributed by atoms with Crippen molar-refractivity contribution in [3.8, 4) is 0 Å². The molecule has 1 heterocycles. The van der Waals surface area contributed by atoms with Gasteiger partial charge in [-0.15, -0.1) is 0 Å². The molecule has 0 aromatic heterocycles. The summed E-state index contributed by atoms with van der Waals surface area (Å²) in [6.45, 7) is 6.20. The molecule has 3 fully saturated rings. The molecule has 2 saturated carbocycles. The molecule has 1 unspecified atom stereocenters. The lowest BCUT2D eigenvalue weighted by Gasteiger charge is -2.52. The maximum absolute atomic E-state index is 3.99. The average Bonchev–Trinajstić information content (AvgIpc) is 3.05. The summed E-state index contributed by atoms with van der Waals surface area (Å²) in [4.78, 5) is 2.94. The van der Waals surface area contributed by atoms with E-state index in [1.807, 2.05) is 0 Å². The fraction of sp³-hybridized carbons (Fsp3) is 1.00. The first-order chi connectivity index (χ1) is 10.4. The third-order valence-electron chi connectivity index (χ3n) is 6.58. The Morgan fingerprint density at radius 1 is 0.905 bits per heavy atom. The summed E-state index contributed by atoms with van der Waals surface area (Å²) in [5.74, 6) is 0.943. The fourth-order valence-corrected chi connectivity index (χ4v) is 5.63. The lowest BCUT2D eigenvalue weighted by Crippen LogP contribution is -2.63. The van der Waals surface area contributed by atoms with Crippen LogP contribution in [0, 0.1) is 5.92 Å². The number of rotatable bonds is 5. The highest BCUT2D eigenvalue weighted by molar-refractivity contribution is 5.06. The minimum Gasteiger partial charge on any atom is -0.312 e. The quantitative estimate of drug-likeness (QED) is 0.810. The third kappa shape index (κ3) is 3.32. The van der Waals surface area contributed by atoms with Crippen LogP contribution in [0.4, 0.5) is 0 Å². The number of hydrogen-bond acceptors (Lipinski definition) is 2. The van der Waals surface area contributed by atoms with Crippen LogP contribution in [-0.4, -0.2) is 36.1 Å². The van der Waals surface area contributed by atoms with Gasteiger partial charge in [-0.25, -0.2) is 0 Å². The van der Waals surface area contributed by atoms with Crippen molar-refractivity contribution in [2.24, 2.45) is 5.92 Å². The number of piperidine rings is 1. The Labute approximate surface area is 132 Å². The van der Waals surface area contributed by atoms with Gasteiger partial charge in [0.15, 0.2) is 0 Å². The van der Waals surface area contributed by atoms with E-state index in [1.54, 1.807) is 0 Å². The first-order valence-electron chi connectivity index (χ1n) is 9.85. The highest BCUT2D eigenvalue weighted by Crippen LogP contribution is 2.44. The number of nitrogens with zero attached hydrogens (tertiary/aromatic N) is 1. The van der Waals surface area contributed by atoms with Crippen LogP contribution < -0.4 is 5.32 Å². The molecule has 2 nitrogen and oxygen atoms in total. The van der Waals surface area contributed by atoms with E-state index in [4.69, 9.17) is 0 Å². The molecule has 0 amide bonds. The van der Waals surface area contributed by atoms with Crippen molar-refractivity contribution in [1.82, 2.24) is 10.2 Å². The Morgan fingerprint density at radius 3 is 2.14 bits per heavy atom. The monoisotopic (exact) mass is 292 g/mol. The van der Waals surface area contributed by atoms with Gasteiger partial charge in [0.05, 0.1) is 0 Å². The van der Waals surface area contributed by atoms with Crippen molar-refractivity contribution in [3.05, 3.63) is 0 Å². The molecular formula is C19H36N2. The van der Waals surface area contributed by atoms with Crippen molar-refractivity contribution in [2.75, 3.05) is 19.6 Å². The van der Waals surface area contributed by atoms with Crippen LogP contribution in [0.25, 0.3) is 0 Å². The molecule has 0 radical (unpaired) electrons. The van der Waals surface area contributed by atoms with Crippen molar-refractivity contribution >= 4 is 0 Å². The van der Waals surface area contributed by atoms with Crippen molar-refractivity contribution in [1.29, 1.82) is 0 Å². The Morgan fingerprint density at radius 2 is 1.52 bits per heavy atom. The van der Waals surface area contributed by atoms with E-state index in [-0.39, 0.29) is 0 Å². The second kappa shape index (κ2) is 7.46. The van der Waals surface area contributed by atoms with E-state index >= 15 is 0 Å². The lowest BCUT2D eigenvalue weighted by molar-refractivity contribution is 0.0107. The lowest BCUT2D eigenvalue weighted by atomic mass is 9.72. The molecule has 21 heavy (non-hydrogen) atoms. The SMILES string of the molecule is CCNC(C1CCCCC1)C1(N2CCCCC2)CCCC1. The van der Waals surface area contributed by atoms with E-state index in [0.29, 0.717) is 5.54 Å². The van der Waals surface area contributed by atoms with E-state index in [2.05, 4.69) is 17.1 Å². The predicted molar refractivity (Wildman–Crippen MR) is 90.7 cm³/mol. The zero-order valence-corrected chi connectivity index (χ0v) is 14.2. The summed E-state index contributed by atoms with van der Waals surface area (Å²) in [5, 5.41) is 3.99. The molecule has 0 spiro atoms. The fourth-order valence-electron chi connectivity index (χ4n) is 5.63. The van der Waals surface area contributed by atoms with Crippen molar-refractivity contribution < 1.29 is 0 Å². The Hall–Kier alpha value is -0.0800. The van der Waals surface area contributed by atoms with Crippen molar-refractivity contribution in [3.63, 3.8) is 0 Å². The zero-order valence-electron chi connectivity index (χ0n) is 14.2. The molecule has 2 heteroatoms. The molecule has 1 saturated heterocycles. The molecule has 1 N–H and O–H groups in total. The minimum absolute atomic E-state index is 0.512. The van der Waals surface area contributed by atoms with Crippen LogP contribution in [0.5, 0.6) is 0 Å². The van der Waals surface area contributed by atoms with Crippen LogP contribution in [-0.2, 0) is 0 Å². The summed E-state index contributed by atoms with van der Waals surface area (Å²) in [5.41, 5.74) is 0.512. The molecule has 1 aliphatic heterocycles. The summed E-state index contributed by atoms with van der Waals surface area (Å²) in [7, 11) is 0. The number of nitrogens with one attached hydrogen (secondary N) is 1. The van der Waals surface area contributed by atoms with Gasteiger partial charge < -0.3 is 5.32 Å². The van der Waals surface area contributed by atoms with Crippen LogP contribution >= 0.6 is 0 Å². The number of likely N-dealkylation sites (N-methyl/N-ethyl adjacent to an activating group) is 1. The average molecular weight is 293 g/mol. The van der Waals surface area contributed by atoms with Crippen molar-refractivity contribution in [2.45, 2.75) is 95.6 Å². The number of likely N-dealkylation sites (tertiary alicyclic amines) is 1. The predicted octanol–water partition coefficient (Wildman–Crippen LogP) is 4.34. The van der Waals surface area contributed by atoms with Gasteiger partial charge in [-0.1, -0.05) is 45.4 Å². The van der Waals surface area contributed by atoms with E-state index in [1.165, 1.54) is 90.1 Å². The molecule has 3 aliphatic rings. The van der Waals surface area contributed by atoms with Gasteiger partial charge in [0, 0.05) is 11.6 Å². The Balaban J connectivity index is 1.80. The normalized spacial score (nSPS) is 29.6.